The van der Waals surface area contributed by atoms with Gasteiger partial charge >= 0.3 is 11.9 Å². The molecule has 1 aliphatic heterocycles. The van der Waals surface area contributed by atoms with Crippen LogP contribution in [-0.4, -0.2) is 34.0 Å². The SMILES string of the molecule is O=C(O)/C=C(/C=Cc1ccccc1)C(=O)O.O=C1C=C(c2ccccc2)C(=O)N1. The number of carboxylic acids is 2. The molecule has 0 radical (unpaired) electrons. The molecule has 2 aromatic rings. The van der Waals surface area contributed by atoms with Crippen molar-refractivity contribution in [3.05, 3.63) is 95.6 Å². The summed E-state index contributed by atoms with van der Waals surface area (Å²) in [5, 5.41) is 19.4. The van der Waals surface area contributed by atoms with E-state index in [1.807, 2.05) is 24.3 Å². The molecule has 0 bridgehead atoms. The molecule has 7 nitrogen and oxygen atoms in total. The molecule has 0 spiro atoms. The molecule has 0 saturated heterocycles. The van der Waals surface area contributed by atoms with E-state index < -0.39 is 11.9 Å². The highest BCUT2D eigenvalue weighted by atomic mass is 16.4. The molecular weight excluding hydrogens is 374 g/mol. The fraction of sp³-hybridized carbons (Fsp3) is 0. The zero-order valence-electron chi connectivity index (χ0n) is 15.1. The number of benzene rings is 2. The minimum Gasteiger partial charge on any atom is -0.478 e. The number of carbonyl (C=O) groups is 4. The van der Waals surface area contributed by atoms with Gasteiger partial charge in [-0.15, -0.1) is 0 Å². The van der Waals surface area contributed by atoms with Crippen LogP contribution in [0.4, 0.5) is 0 Å². The van der Waals surface area contributed by atoms with Crippen LogP contribution in [-0.2, 0) is 19.2 Å². The fourth-order valence-electron chi connectivity index (χ4n) is 2.31. The summed E-state index contributed by atoms with van der Waals surface area (Å²) >= 11 is 0. The highest BCUT2D eigenvalue weighted by molar-refractivity contribution is 6.33. The summed E-state index contributed by atoms with van der Waals surface area (Å²) in [5.74, 6) is -3.22. The van der Waals surface area contributed by atoms with Gasteiger partial charge in [0, 0.05) is 12.2 Å². The van der Waals surface area contributed by atoms with Crippen LogP contribution in [0.15, 0.2) is 84.5 Å². The van der Waals surface area contributed by atoms with Crippen molar-refractivity contribution in [1.29, 1.82) is 0 Å². The van der Waals surface area contributed by atoms with E-state index in [-0.39, 0.29) is 17.4 Å². The minimum absolute atomic E-state index is 0.267. The second-order valence-electron chi connectivity index (χ2n) is 5.73. The van der Waals surface area contributed by atoms with E-state index in [1.165, 1.54) is 12.2 Å². The van der Waals surface area contributed by atoms with E-state index >= 15 is 0 Å². The Morgan fingerprint density at radius 3 is 1.93 bits per heavy atom. The van der Waals surface area contributed by atoms with Crippen molar-refractivity contribution in [2.75, 3.05) is 0 Å². The summed E-state index contributed by atoms with van der Waals surface area (Å²) in [6.45, 7) is 0. The third-order valence-electron chi connectivity index (χ3n) is 3.62. The second-order valence-corrected chi connectivity index (χ2v) is 5.73. The molecule has 3 rings (SSSR count). The summed E-state index contributed by atoms with van der Waals surface area (Å²) in [6.07, 6.45) is 4.77. The van der Waals surface area contributed by atoms with Crippen LogP contribution in [0.25, 0.3) is 11.6 Å². The summed E-state index contributed by atoms with van der Waals surface area (Å²) in [4.78, 5) is 43.0. The van der Waals surface area contributed by atoms with Gasteiger partial charge in [-0.2, -0.15) is 0 Å². The lowest BCUT2D eigenvalue weighted by Crippen LogP contribution is -2.21. The Hall–Kier alpha value is -4.26. The summed E-state index contributed by atoms with van der Waals surface area (Å²) in [6, 6.07) is 18.1. The quantitative estimate of drug-likeness (QED) is 0.409. The van der Waals surface area contributed by atoms with Crippen LogP contribution in [0.3, 0.4) is 0 Å². The predicted molar refractivity (Wildman–Crippen MR) is 106 cm³/mol. The molecule has 1 aliphatic rings. The average molecular weight is 391 g/mol. The molecule has 0 aromatic heterocycles. The molecule has 0 atom stereocenters. The number of carboxylic acid groups (broad SMARTS) is 2. The molecule has 0 fully saturated rings. The molecule has 1 heterocycles. The van der Waals surface area contributed by atoms with Crippen molar-refractivity contribution >= 4 is 35.4 Å². The highest BCUT2D eigenvalue weighted by Gasteiger charge is 2.21. The van der Waals surface area contributed by atoms with E-state index in [0.717, 1.165) is 11.1 Å². The topological polar surface area (TPSA) is 121 Å². The third-order valence-corrected chi connectivity index (χ3v) is 3.62. The lowest BCUT2D eigenvalue weighted by atomic mass is 10.1. The molecule has 7 heteroatoms. The van der Waals surface area contributed by atoms with Crippen molar-refractivity contribution in [2.24, 2.45) is 0 Å². The maximum Gasteiger partial charge on any atom is 0.335 e. The van der Waals surface area contributed by atoms with Gasteiger partial charge in [-0.05, 0) is 17.2 Å². The second kappa shape index (κ2) is 10.2. The number of rotatable bonds is 5. The van der Waals surface area contributed by atoms with E-state index in [9.17, 15) is 19.2 Å². The summed E-state index contributed by atoms with van der Waals surface area (Å²) in [5.41, 5.74) is 1.74. The molecule has 2 aromatic carbocycles. The van der Waals surface area contributed by atoms with Gasteiger partial charge in [0.05, 0.1) is 11.1 Å². The van der Waals surface area contributed by atoms with Crippen molar-refractivity contribution in [3.8, 4) is 0 Å². The number of nitrogens with one attached hydrogen (secondary N) is 1. The Morgan fingerprint density at radius 1 is 0.862 bits per heavy atom. The Bertz CT molecular complexity index is 1000. The first-order valence-corrected chi connectivity index (χ1v) is 8.40. The monoisotopic (exact) mass is 391 g/mol. The van der Waals surface area contributed by atoms with Crippen molar-refractivity contribution in [1.82, 2.24) is 5.32 Å². The van der Waals surface area contributed by atoms with E-state index in [0.29, 0.717) is 11.6 Å². The minimum atomic E-state index is -1.28. The Labute approximate surface area is 166 Å². The predicted octanol–water partition coefficient (Wildman–Crippen LogP) is 2.52. The maximum atomic E-state index is 11.2. The number of aliphatic carboxylic acids is 2. The van der Waals surface area contributed by atoms with Crippen LogP contribution < -0.4 is 5.32 Å². The average Bonchev–Trinajstić information content (AvgIpc) is 3.05. The van der Waals surface area contributed by atoms with Crippen LogP contribution in [0, 0.1) is 0 Å². The van der Waals surface area contributed by atoms with E-state index in [4.69, 9.17) is 10.2 Å². The van der Waals surface area contributed by atoms with Gasteiger partial charge in [0.25, 0.3) is 11.8 Å². The fourth-order valence-corrected chi connectivity index (χ4v) is 2.31. The highest BCUT2D eigenvalue weighted by Crippen LogP contribution is 2.16. The lowest BCUT2D eigenvalue weighted by Gasteiger charge is -1.97. The first kappa shape index (κ1) is 21.0. The van der Waals surface area contributed by atoms with Crippen molar-refractivity contribution < 1.29 is 29.4 Å². The molecule has 0 saturated carbocycles. The van der Waals surface area contributed by atoms with Gasteiger partial charge in [0.15, 0.2) is 0 Å². The van der Waals surface area contributed by atoms with Gasteiger partial charge in [-0.25, -0.2) is 9.59 Å². The maximum absolute atomic E-state index is 11.2. The summed E-state index contributed by atoms with van der Waals surface area (Å²) in [7, 11) is 0. The number of hydrogen-bond acceptors (Lipinski definition) is 4. The van der Waals surface area contributed by atoms with Crippen LogP contribution in [0.1, 0.15) is 11.1 Å². The van der Waals surface area contributed by atoms with E-state index in [2.05, 4.69) is 5.32 Å². The Morgan fingerprint density at radius 2 is 1.45 bits per heavy atom. The zero-order valence-corrected chi connectivity index (χ0v) is 15.1. The van der Waals surface area contributed by atoms with Crippen molar-refractivity contribution in [2.45, 2.75) is 0 Å². The summed E-state index contributed by atoms with van der Waals surface area (Å²) < 4.78 is 0. The molecule has 0 aliphatic carbocycles. The van der Waals surface area contributed by atoms with Crippen molar-refractivity contribution in [3.63, 3.8) is 0 Å². The zero-order chi connectivity index (χ0) is 21.2. The third kappa shape index (κ3) is 6.76. The first-order valence-electron chi connectivity index (χ1n) is 8.40. The molecule has 2 amide bonds. The Kier molecular flexibility index (Phi) is 7.38. The lowest BCUT2D eigenvalue weighted by molar-refractivity contribution is -0.134. The Balaban J connectivity index is 0.000000211. The number of imide groups is 1. The van der Waals surface area contributed by atoms with Gasteiger partial charge in [0.2, 0.25) is 0 Å². The van der Waals surface area contributed by atoms with E-state index in [1.54, 1.807) is 42.5 Å². The van der Waals surface area contributed by atoms with Crippen LogP contribution in [0.2, 0.25) is 0 Å². The molecule has 146 valence electrons. The number of hydrogen-bond donors (Lipinski definition) is 3. The molecule has 3 N–H and O–H groups in total. The smallest absolute Gasteiger partial charge is 0.335 e. The van der Waals surface area contributed by atoms with Crippen LogP contribution in [0.5, 0.6) is 0 Å². The standard InChI is InChI=1S/C12H10O4.C10H7NO2/c13-11(14)8-10(12(15)16)7-6-9-4-2-1-3-5-9;12-9-6-8(10(13)11-9)7-4-2-1-3-5-7/h1-8H,(H,13,14)(H,15,16);1-6H,(H,11,12,13)/b7-6?,10-8-;. The van der Waals surface area contributed by atoms with Gasteiger partial charge in [0.1, 0.15) is 0 Å². The largest absolute Gasteiger partial charge is 0.478 e. The number of amides is 2. The normalized spacial score (nSPS) is 13.4. The molecule has 0 unspecified atom stereocenters. The first-order chi connectivity index (χ1) is 13.9. The molecule has 29 heavy (non-hydrogen) atoms. The van der Waals surface area contributed by atoms with Gasteiger partial charge in [-0.1, -0.05) is 66.7 Å². The number of carbonyl (C=O) groups excluding carboxylic acids is 2. The molecular formula is C22H17NO6. The van der Waals surface area contributed by atoms with Crippen LogP contribution >= 0.6 is 0 Å². The van der Waals surface area contributed by atoms with Gasteiger partial charge < -0.3 is 10.2 Å². The van der Waals surface area contributed by atoms with Gasteiger partial charge in [-0.3, -0.25) is 14.9 Å².